The predicted octanol–water partition coefficient (Wildman–Crippen LogP) is 2.43. The number of hydrogen-bond acceptors (Lipinski definition) is 3. The minimum atomic E-state index is -0.995. The van der Waals surface area contributed by atoms with E-state index in [1.807, 2.05) is 13.1 Å². The van der Waals surface area contributed by atoms with Crippen LogP contribution >= 0.6 is 11.6 Å². The van der Waals surface area contributed by atoms with Gasteiger partial charge in [-0.3, -0.25) is 4.68 Å². The second-order valence-electron chi connectivity index (χ2n) is 4.12. The number of rotatable bonds is 5. The van der Waals surface area contributed by atoms with Crippen LogP contribution < -0.4 is 5.32 Å². The van der Waals surface area contributed by atoms with Gasteiger partial charge in [0.25, 0.3) is 0 Å². The van der Waals surface area contributed by atoms with E-state index in [9.17, 15) is 4.79 Å². The number of carbonyl (C=O) groups is 1. The second kappa shape index (κ2) is 5.75. The van der Waals surface area contributed by atoms with Gasteiger partial charge in [0.15, 0.2) is 0 Å². The Hall–Kier alpha value is -2.01. The van der Waals surface area contributed by atoms with Crippen molar-refractivity contribution in [1.29, 1.82) is 0 Å². The first-order valence-corrected chi connectivity index (χ1v) is 6.19. The molecule has 0 aliphatic heterocycles. The summed E-state index contributed by atoms with van der Waals surface area (Å²) in [6.45, 7) is 0.626. The highest BCUT2D eigenvalue weighted by Gasteiger charge is 2.10. The van der Waals surface area contributed by atoms with Crippen LogP contribution in [0, 0.1) is 0 Å². The van der Waals surface area contributed by atoms with E-state index in [0.29, 0.717) is 17.3 Å². The van der Waals surface area contributed by atoms with Crippen LogP contribution in [-0.4, -0.2) is 27.4 Å². The number of aromatic carboxylic acids is 1. The third-order valence-corrected chi connectivity index (χ3v) is 3.07. The first kappa shape index (κ1) is 13.4. The SMILES string of the molecule is Cn1nccc1CCNc1ccc(Cl)cc1C(=O)O. The monoisotopic (exact) mass is 279 g/mol. The fraction of sp³-hybridized carbons (Fsp3) is 0.231. The highest BCUT2D eigenvalue weighted by Crippen LogP contribution is 2.20. The second-order valence-corrected chi connectivity index (χ2v) is 4.55. The molecule has 0 aliphatic carbocycles. The minimum Gasteiger partial charge on any atom is -0.478 e. The fourth-order valence-corrected chi connectivity index (χ4v) is 1.99. The van der Waals surface area contributed by atoms with Gasteiger partial charge >= 0.3 is 5.97 Å². The third-order valence-electron chi connectivity index (χ3n) is 2.83. The van der Waals surface area contributed by atoms with Crippen molar-refractivity contribution in [1.82, 2.24) is 9.78 Å². The van der Waals surface area contributed by atoms with Crippen LogP contribution in [0.15, 0.2) is 30.5 Å². The molecule has 0 fully saturated rings. The van der Waals surface area contributed by atoms with E-state index in [0.717, 1.165) is 12.1 Å². The molecule has 0 amide bonds. The molecular formula is C13H14ClN3O2. The highest BCUT2D eigenvalue weighted by atomic mass is 35.5. The van der Waals surface area contributed by atoms with Crippen molar-refractivity contribution in [3.05, 3.63) is 46.7 Å². The van der Waals surface area contributed by atoms with E-state index < -0.39 is 5.97 Å². The molecule has 1 aromatic heterocycles. The molecule has 19 heavy (non-hydrogen) atoms. The van der Waals surface area contributed by atoms with Crippen molar-refractivity contribution >= 4 is 23.3 Å². The predicted molar refractivity (Wildman–Crippen MR) is 73.8 cm³/mol. The van der Waals surface area contributed by atoms with Crippen molar-refractivity contribution in [3.8, 4) is 0 Å². The van der Waals surface area contributed by atoms with Gasteiger partial charge in [0, 0.05) is 42.6 Å². The average molecular weight is 280 g/mol. The highest BCUT2D eigenvalue weighted by molar-refractivity contribution is 6.31. The summed E-state index contributed by atoms with van der Waals surface area (Å²) in [6, 6.07) is 6.72. The summed E-state index contributed by atoms with van der Waals surface area (Å²) in [5.74, 6) is -0.995. The summed E-state index contributed by atoms with van der Waals surface area (Å²) in [5.41, 5.74) is 1.83. The molecule has 6 heteroatoms. The molecule has 2 aromatic rings. The lowest BCUT2D eigenvalue weighted by atomic mass is 10.1. The van der Waals surface area contributed by atoms with Crippen LogP contribution in [0.25, 0.3) is 0 Å². The topological polar surface area (TPSA) is 67.2 Å². The van der Waals surface area contributed by atoms with Gasteiger partial charge in [0.2, 0.25) is 0 Å². The Labute approximate surface area is 115 Å². The van der Waals surface area contributed by atoms with E-state index >= 15 is 0 Å². The Balaban J connectivity index is 2.03. The normalized spacial score (nSPS) is 10.4. The van der Waals surface area contributed by atoms with Crippen LogP contribution in [0.5, 0.6) is 0 Å². The van der Waals surface area contributed by atoms with E-state index in [-0.39, 0.29) is 5.56 Å². The number of nitrogens with zero attached hydrogens (tertiary/aromatic N) is 2. The average Bonchev–Trinajstić information content (AvgIpc) is 2.77. The largest absolute Gasteiger partial charge is 0.478 e. The van der Waals surface area contributed by atoms with Gasteiger partial charge in [-0.1, -0.05) is 11.6 Å². The lowest BCUT2D eigenvalue weighted by molar-refractivity contribution is 0.0698. The Morgan fingerprint density at radius 1 is 1.47 bits per heavy atom. The molecule has 0 spiro atoms. The Morgan fingerprint density at radius 3 is 2.89 bits per heavy atom. The lowest BCUT2D eigenvalue weighted by Crippen LogP contribution is -2.11. The number of carboxylic acid groups (broad SMARTS) is 1. The summed E-state index contributed by atoms with van der Waals surface area (Å²) >= 11 is 5.79. The molecule has 2 rings (SSSR count). The van der Waals surface area contributed by atoms with E-state index in [2.05, 4.69) is 10.4 Å². The van der Waals surface area contributed by atoms with Crippen LogP contribution in [0.4, 0.5) is 5.69 Å². The minimum absolute atomic E-state index is 0.178. The summed E-state index contributed by atoms with van der Waals surface area (Å²) in [4.78, 5) is 11.1. The summed E-state index contributed by atoms with van der Waals surface area (Å²) in [7, 11) is 1.88. The van der Waals surface area contributed by atoms with Crippen LogP contribution in [-0.2, 0) is 13.5 Å². The number of nitrogens with one attached hydrogen (secondary N) is 1. The van der Waals surface area contributed by atoms with Gasteiger partial charge in [-0.25, -0.2) is 4.79 Å². The molecular weight excluding hydrogens is 266 g/mol. The van der Waals surface area contributed by atoms with E-state index in [4.69, 9.17) is 16.7 Å². The molecule has 1 heterocycles. The van der Waals surface area contributed by atoms with Gasteiger partial charge in [0.05, 0.1) is 5.56 Å². The molecule has 0 saturated carbocycles. The maximum Gasteiger partial charge on any atom is 0.337 e. The van der Waals surface area contributed by atoms with Gasteiger partial charge in [-0.05, 0) is 24.3 Å². The zero-order valence-electron chi connectivity index (χ0n) is 10.4. The van der Waals surface area contributed by atoms with Gasteiger partial charge in [-0.2, -0.15) is 5.10 Å². The fourth-order valence-electron chi connectivity index (χ4n) is 1.82. The molecule has 0 aliphatic rings. The molecule has 2 N–H and O–H groups in total. The van der Waals surface area contributed by atoms with Crippen molar-refractivity contribution < 1.29 is 9.90 Å². The number of hydrogen-bond donors (Lipinski definition) is 2. The first-order chi connectivity index (χ1) is 9.08. The van der Waals surface area contributed by atoms with Gasteiger partial charge in [0.1, 0.15) is 0 Å². The number of carboxylic acids is 1. The lowest BCUT2D eigenvalue weighted by Gasteiger charge is -2.10. The van der Waals surface area contributed by atoms with Crippen LogP contribution in [0.1, 0.15) is 16.1 Å². The van der Waals surface area contributed by atoms with E-state index in [1.165, 1.54) is 6.07 Å². The maximum atomic E-state index is 11.1. The van der Waals surface area contributed by atoms with Crippen LogP contribution in [0.2, 0.25) is 5.02 Å². The zero-order valence-corrected chi connectivity index (χ0v) is 11.2. The number of halogens is 1. The van der Waals surface area contributed by atoms with Crippen molar-refractivity contribution in [2.75, 3.05) is 11.9 Å². The van der Waals surface area contributed by atoms with Crippen molar-refractivity contribution in [2.45, 2.75) is 6.42 Å². The third kappa shape index (κ3) is 3.26. The Morgan fingerprint density at radius 2 is 2.26 bits per heavy atom. The quantitative estimate of drug-likeness (QED) is 0.882. The Kier molecular flexibility index (Phi) is 4.06. The van der Waals surface area contributed by atoms with Crippen LogP contribution in [0.3, 0.4) is 0 Å². The number of benzene rings is 1. The number of aromatic nitrogens is 2. The summed E-state index contributed by atoms with van der Waals surface area (Å²) in [5, 5.41) is 16.7. The zero-order chi connectivity index (χ0) is 13.8. The molecule has 0 radical (unpaired) electrons. The molecule has 5 nitrogen and oxygen atoms in total. The molecule has 100 valence electrons. The molecule has 0 unspecified atom stereocenters. The van der Waals surface area contributed by atoms with Gasteiger partial charge in [-0.15, -0.1) is 0 Å². The molecule has 0 bridgehead atoms. The van der Waals surface area contributed by atoms with Crippen molar-refractivity contribution in [3.63, 3.8) is 0 Å². The first-order valence-electron chi connectivity index (χ1n) is 5.81. The smallest absolute Gasteiger partial charge is 0.337 e. The molecule has 0 saturated heterocycles. The van der Waals surface area contributed by atoms with Crippen molar-refractivity contribution in [2.24, 2.45) is 7.05 Å². The summed E-state index contributed by atoms with van der Waals surface area (Å²) in [6.07, 6.45) is 2.50. The van der Waals surface area contributed by atoms with E-state index in [1.54, 1.807) is 23.0 Å². The summed E-state index contributed by atoms with van der Waals surface area (Å²) < 4.78 is 1.79. The number of anilines is 1. The standard InChI is InChI=1S/C13H14ClN3O2/c1-17-10(5-7-16-17)4-6-15-12-3-2-9(14)8-11(12)13(18)19/h2-3,5,7-8,15H,4,6H2,1H3,(H,18,19). The van der Waals surface area contributed by atoms with Gasteiger partial charge < -0.3 is 10.4 Å². The maximum absolute atomic E-state index is 11.1. The number of aryl methyl sites for hydroxylation is 1. The molecule has 1 aromatic carbocycles. The molecule has 0 atom stereocenters. The Bertz CT molecular complexity index is 595.